The van der Waals surface area contributed by atoms with Crippen LogP contribution in [0.5, 0.6) is 0 Å². The minimum Gasteiger partial charge on any atom is -0.350 e. The highest BCUT2D eigenvalue weighted by atomic mass is 35.5. The van der Waals surface area contributed by atoms with Gasteiger partial charge >= 0.3 is 0 Å². The molecule has 1 unspecified atom stereocenters. The topological polar surface area (TPSA) is 86.8 Å². The minimum absolute atomic E-state index is 0.0267. The number of hydrogen-bond donors (Lipinski definition) is 1. The largest absolute Gasteiger partial charge is 0.350 e. The average molecular weight is 546 g/mol. The highest BCUT2D eigenvalue weighted by molar-refractivity contribution is 7.92. The molecule has 0 aliphatic carbocycles. The van der Waals surface area contributed by atoms with Gasteiger partial charge in [0, 0.05) is 17.1 Å². The number of sulfonamides is 1. The number of carbonyl (C=O) groups is 2. The summed E-state index contributed by atoms with van der Waals surface area (Å²) in [6.07, 6.45) is 1.23. The van der Waals surface area contributed by atoms with Gasteiger partial charge in [0.15, 0.2) is 0 Å². The van der Waals surface area contributed by atoms with Crippen LogP contribution in [0.2, 0.25) is 10.0 Å². The lowest BCUT2D eigenvalue weighted by atomic mass is 10.1. The van der Waals surface area contributed by atoms with Gasteiger partial charge in [0.05, 0.1) is 17.0 Å². The molecular weight excluding hydrogens is 516 g/mol. The lowest BCUT2D eigenvalue weighted by molar-refractivity contribution is -0.141. The molecule has 1 atom stereocenters. The predicted molar refractivity (Wildman–Crippen MR) is 138 cm³/mol. The number of halogens is 3. The van der Waals surface area contributed by atoms with Crippen molar-refractivity contribution in [3.63, 3.8) is 0 Å². The molecule has 192 valence electrons. The van der Waals surface area contributed by atoms with Gasteiger partial charge in [-0.3, -0.25) is 13.9 Å². The van der Waals surface area contributed by atoms with Crippen LogP contribution in [-0.2, 0) is 26.2 Å². The van der Waals surface area contributed by atoms with E-state index >= 15 is 0 Å². The van der Waals surface area contributed by atoms with E-state index in [0.717, 1.165) is 10.6 Å². The molecule has 0 radical (unpaired) electrons. The van der Waals surface area contributed by atoms with Crippen LogP contribution in [0.4, 0.5) is 10.1 Å². The summed E-state index contributed by atoms with van der Waals surface area (Å²) in [4.78, 5) is 28.0. The Morgan fingerprint density at radius 3 is 2.17 bits per heavy atom. The van der Waals surface area contributed by atoms with E-state index in [2.05, 4.69) is 5.32 Å². The first kappa shape index (κ1) is 28.9. The maximum Gasteiger partial charge on any atom is 0.244 e. The summed E-state index contributed by atoms with van der Waals surface area (Å²) in [6.45, 7) is 6.58. The summed E-state index contributed by atoms with van der Waals surface area (Å²) >= 11 is 12.2. The molecule has 0 aliphatic heterocycles. The highest BCUT2D eigenvalue weighted by Gasteiger charge is 2.33. The Balaban J connectivity index is 2.48. The summed E-state index contributed by atoms with van der Waals surface area (Å²) in [6, 6.07) is 8.88. The molecule has 2 aromatic carbocycles. The minimum atomic E-state index is -3.93. The number of hydrogen-bond acceptors (Lipinski definition) is 4. The summed E-state index contributed by atoms with van der Waals surface area (Å²) < 4.78 is 39.6. The lowest BCUT2D eigenvalue weighted by Gasteiger charge is -2.34. The summed E-state index contributed by atoms with van der Waals surface area (Å²) in [5.74, 6) is -1.45. The molecule has 0 saturated carbocycles. The number of nitrogens with one attached hydrogen (secondary N) is 1. The molecule has 2 amide bonds. The second-order valence-corrected chi connectivity index (χ2v) is 11.9. The molecule has 0 saturated heterocycles. The van der Waals surface area contributed by atoms with Crippen molar-refractivity contribution in [2.45, 2.75) is 52.2 Å². The summed E-state index contributed by atoms with van der Waals surface area (Å²) in [7, 11) is -3.93. The van der Waals surface area contributed by atoms with Crippen molar-refractivity contribution in [3.8, 4) is 0 Å². The van der Waals surface area contributed by atoms with Crippen molar-refractivity contribution in [1.29, 1.82) is 0 Å². The van der Waals surface area contributed by atoms with Crippen LogP contribution in [0.25, 0.3) is 0 Å². The Morgan fingerprint density at radius 1 is 1.09 bits per heavy atom. The second kappa shape index (κ2) is 11.6. The van der Waals surface area contributed by atoms with Crippen LogP contribution in [0.3, 0.4) is 0 Å². The Bertz CT molecular complexity index is 1170. The molecule has 0 heterocycles. The van der Waals surface area contributed by atoms with E-state index in [1.54, 1.807) is 6.92 Å². The Hall–Kier alpha value is -2.36. The first-order valence-electron chi connectivity index (χ1n) is 10.9. The van der Waals surface area contributed by atoms with Crippen molar-refractivity contribution in [1.82, 2.24) is 10.2 Å². The van der Waals surface area contributed by atoms with Crippen LogP contribution in [0.1, 0.15) is 39.7 Å². The third kappa shape index (κ3) is 8.37. The molecule has 0 spiro atoms. The average Bonchev–Trinajstić information content (AvgIpc) is 2.71. The zero-order valence-electron chi connectivity index (χ0n) is 20.3. The van der Waals surface area contributed by atoms with E-state index in [4.69, 9.17) is 23.2 Å². The van der Waals surface area contributed by atoms with Gasteiger partial charge in [0.1, 0.15) is 18.4 Å². The fourth-order valence-electron chi connectivity index (χ4n) is 3.44. The van der Waals surface area contributed by atoms with E-state index in [1.165, 1.54) is 47.4 Å². The Morgan fingerprint density at radius 2 is 1.69 bits per heavy atom. The first-order chi connectivity index (χ1) is 16.1. The van der Waals surface area contributed by atoms with Crippen LogP contribution in [0.15, 0.2) is 42.5 Å². The molecule has 7 nitrogen and oxygen atoms in total. The molecule has 1 N–H and O–H groups in total. The smallest absolute Gasteiger partial charge is 0.244 e. The van der Waals surface area contributed by atoms with Crippen molar-refractivity contribution in [2.24, 2.45) is 0 Å². The predicted octanol–water partition coefficient (Wildman–Crippen LogP) is 4.62. The summed E-state index contributed by atoms with van der Waals surface area (Å²) in [5.41, 5.74) is 0.114. The monoisotopic (exact) mass is 545 g/mol. The van der Waals surface area contributed by atoms with Gasteiger partial charge in [0.25, 0.3) is 0 Å². The van der Waals surface area contributed by atoms with Crippen molar-refractivity contribution in [2.75, 3.05) is 17.1 Å². The van der Waals surface area contributed by atoms with Crippen LogP contribution in [0, 0.1) is 5.82 Å². The van der Waals surface area contributed by atoms with Gasteiger partial charge in [-0.2, -0.15) is 0 Å². The van der Waals surface area contributed by atoms with Gasteiger partial charge in [-0.25, -0.2) is 12.8 Å². The number of nitrogens with zero attached hydrogens (tertiary/aromatic N) is 2. The fourth-order valence-corrected chi connectivity index (χ4v) is 4.86. The second-order valence-electron chi connectivity index (χ2n) is 9.18. The lowest BCUT2D eigenvalue weighted by Crippen LogP contribution is -2.55. The number of amides is 2. The Kier molecular flexibility index (Phi) is 9.56. The maximum atomic E-state index is 13.6. The molecule has 0 aliphatic rings. The molecule has 11 heteroatoms. The molecule has 0 aromatic heterocycles. The van der Waals surface area contributed by atoms with Gasteiger partial charge in [0.2, 0.25) is 21.8 Å². The van der Waals surface area contributed by atoms with Gasteiger partial charge in [-0.05, 0) is 63.1 Å². The van der Waals surface area contributed by atoms with Crippen molar-refractivity contribution >= 4 is 50.7 Å². The molecule has 0 bridgehead atoms. The molecule has 2 rings (SSSR count). The van der Waals surface area contributed by atoms with Crippen LogP contribution in [-0.4, -0.2) is 49.5 Å². The first-order valence-corrected chi connectivity index (χ1v) is 13.5. The zero-order chi connectivity index (χ0) is 26.6. The van der Waals surface area contributed by atoms with E-state index in [1.807, 2.05) is 20.8 Å². The third-order valence-electron chi connectivity index (χ3n) is 5.01. The number of benzene rings is 2. The standard InChI is InChI=1S/C24H30Cl2FN3O4S/c1-6-20(23(32)28-24(2,3)4)29(14-16-7-10-18(27)11-8-16)22(31)15-30(35(5,33)34)21-12-9-17(25)13-19(21)26/h7-13,20H,6,14-15H2,1-5H3,(H,28,32). The fraction of sp³-hybridized carbons (Fsp3) is 0.417. The van der Waals surface area contributed by atoms with Crippen molar-refractivity contribution < 1.29 is 22.4 Å². The quantitative estimate of drug-likeness (QED) is 0.498. The van der Waals surface area contributed by atoms with E-state index in [9.17, 15) is 22.4 Å². The zero-order valence-corrected chi connectivity index (χ0v) is 22.6. The number of rotatable bonds is 9. The summed E-state index contributed by atoms with van der Waals surface area (Å²) in [5, 5.41) is 3.23. The SMILES string of the molecule is CCC(C(=O)NC(C)(C)C)N(Cc1ccc(F)cc1)C(=O)CN(c1ccc(Cl)cc1Cl)S(C)(=O)=O. The highest BCUT2D eigenvalue weighted by Crippen LogP contribution is 2.30. The molecule has 0 fully saturated rings. The number of anilines is 1. The van der Waals surface area contributed by atoms with Gasteiger partial charge in [-0.15, -0.1) is 0 Å². The molecule has 35 heavy (non-hydrogen) atoms. The Labute approximate surface area is 216 Å². The van der Waals surface area contributed by atoms with Gasteiger partial charge in [-0.1, -0.05) is 42.3 Å². The normalized spacial score (nSPS) is 12.7. The van der Waals surface area contributed by atoms with E-state index < -0.39 is 39.9 Å². The third-order valence-corrected chi connectivity index (χ3v) is 6.67. The molecular formula is C24H30Cl2FN3O4S. The molecule has 2 aromatic rings. The van der Waals surface area contributed by atoms with Gasteiger partial charge < -0.3 is 10.2 Å². The van der Waals surface area contributed by atoms with Crippen molar-refractivity contribution in [3.05, 3.63) is 63.9 Å². The number of carbonyl (C=O) groups excluding carboxylic acids is 2. The van der Waals surface area contributed by atoms with Crippen LogP contribution < -0.4 is 9.62 Å². The van der Waals surface area contributed by atoms with Crippen LogP contribution >= 0.6 is 23.2 Å². The van der Waals surface area contributed by atoms with E-state index in [0.29, 0.717) is 10.6 Å². The maximum absolute atomic E-state index is 13.6. The van der Waals surface area contributed by atoms with E-state index in [-0.39, 0.29) is 29.6 Å².